The average molecular weight is 381 g/mol. The summed E-state index contributed by atoms with van der Waals surface area (Å²) in [6.07, 6.45) is 3.04. The van der Waals surface area contributed by atoms with E-state index in [4.69, 9.17) is 9.47 Å². The molecule has 0 heterocycles. The lowest BCUT2D eigenvalue weighted by Crippen LogP contribution is -2.32. The molecule has 7 heteroatoms. The van der Waals surface area contributed by atoms with Crippen LogP contribution in [-0.4, -0.2) is 31.7 Å². The first-order valence-electron chi connectivity index (χ1n) is 8.58. The van der Waals surface area contributed by atoms with Gasteiger partial charge in [0.15, 0.2) is 11.5 Å². The van der Waals surface area contributed by atoms with E-state index >= 15 is 0 Å². The highest BCUT2D eigenvalue weighted by Crippen LogP contribution is 2.27. The van der Waals surface area contributed by atoms with Gasteiger partial charge in [0, 0.05) is 5.69 Å². The number of ether oxygens (including phenoxy) is 2. The van der Waals surface area contributed by atoms with Crippen molar-refractivity contribution in [2.24, 2.45) is 5.10 Å². The van der Waals surface area contributed by atoms with E-state index in [0.29, 0.717) is 29.4 Å². The number of rotatable bonds is 7. The van der Waals surface area contributed by atoms with Gasteiger partial charge in [-0.05, 0) is 54.8 Å². The zero-order valence-corrected chi connectivity index (χ0v) is 16.1. The van der Waals surface area contributed by atoms with Gasteiger partial charge in [0.1, 0.15) is 6.61 Å². The molecule has 7 nitrogen and oxygen atoms in total. The fraction of sp³-hybridized carbons (Fsp3) is 0.190. The number of hydrazone groups is 1. The Hall–Kier alpha value is -3.61. The lowest BCUT2D eigenvalue weighted by atomic mass is 10.1. The van der Waals surface area contributed by atoms with Crippen LogP contribution in [0.5, 0.6) is 11.5 Å². The maximum absolute atomic E-state index is 12.0. The predicted octanol–water partition coefficient (Wildman–Crippen LogP) is 2.97. The molecule has 0 radical (unpaired) electrons. The first-order chi connectivity index (χ1) is 13.4. The molecular weight excluding hydrogens is 358 g/mol. The van der Waals surface area contributed by atoms with Crippen LogP contribution in [0.1, 0.15) is 16.7 Å². The van der Waals surface area contributed by atoms with Crippen molar-refractivity contribution in [2.45, 2.75) is 13.8 Å². The second-order valence-electron chi connectivity index (χ2n) is 5.98. The monoisotopic (exact) mass is 381 g/mol. The molecule has 0 aliphatic rings. The highest BCUT2D eigenvalue weighted by Gasteiger charge is 2.14. The molecule has 0 bridgehead atoms. The Morgan fingerprint density at radius 1 is 1.11 bits per heavy atom. The van der Waals surface area contributed by atoms with Crippen LogP contribution in [0.15, 0.2) is 54.2 Å². The van der Waals surface area contributed by atoms with Crippen molar-refractivity contribution >= 4 is 23.7 Å². The lowest BCUT2D eigenvalue weighted by Gasteiger charge is -2.09. The maximum Gasteiger partial charge on any atom is 0.329 e. The Kier molecular flexibility index (Phi) is 7.33. The van der Waals surface area contributed by atoms with Gasteiger partial charge in [-0.1, -0.05) is 24.8 Å². The summed E-state index contributed by atoms with van der Waals surface area (Å²) < 4.78 is 10.7. The fourth-order valence-electron chi connectivity index (χ4n) is 2.30. The second-order valence-corrected chi connectivity index (χ2v) is 5.98. The highest BCUT2D eigenvalue weighted by atomic mass is 16.5. The van der Waals surface area contributed by atoms with Gasteiger partial charge in [-0.15, -0.1) is 0 Å². The molecule has 0 aliphatic carbocycles. The Bertz CT molecular complexity index is 907. The summed E-state index contributed by atoms with van der Waals surface area (Å²) in [7, 11) is 1.52. The van der Waals surface area contributed by atoms with Gasteiger partial charge in [-0.25, -0.2) is 5.43 Å². The number of carbonyl (C=O) groups is 2. The lowest BCUT2D eigenvalue weighted by molar-refractivity contribution is -0.136. The molecule has 0 saturated carbocycles. The number of carbonyl (C=O) groups excluding carboxylic acids is 2. The minimum atomic E-state index is -0.866. The van der Waals surface area contributed by atoms with Crippen molar-refractivity contribution in [2.75, 3.05) is 19.0 Å². The summed E-state index contributed by atoms with van der Waals surface area (Å²) in [6, 6.07) is 10.8. The van der Waals surface area contributed by atoms with Crippen LogP contribution >= 0.6 is 0 Å². The molecule has 0 aliphatic heterocycles. The van der Waals surface area contributed by atoms with Crippen molar-refractivity contribution in [1.82, 2.24) is 5.43 Å². The van der Waals surface area contributed by atoms with Gasteiger partial charge >= 0.3 is 11.8 Å². The molecule has 146 valence electrons. The van der Waals surface area contributed by atoms with Crippen molar-refractivity contribution < 1.29 is 19.1 Å². The fourth-order valence-corrected chi connectivity index (χ4v) is 2.30. The van der Waals surface area contributed by atoms with Gasteiger partial charge < -0.3 is 14.8 Å². The van der Waals surface area contributed by atoms with Crippen molar-refractivity contribution in [1.29, 1.82) is 0 Å². The van der Waals surface area contributed by atoms with Crippen molar-refractivity contribution in [3.63, 3.8) is 0 Å². The number of aryl methyl sites for hydroxylation is 2. The number of nitrogens with one attached hydrogen (secondary N) is 2. The third-order valence-corrected chi connectivity index (χ3v) is 3.77. The van der Waals surface area contributed by atoms with E-state index in [1.165, 1.54) is 13.3 Å². The highest BCUT2D eigenvalue weighted by molar-refractivity contribution is 6.39. The average Bonchev–Trinajstić information content (AvgIpc) is 2.69. The second kappa shape index (κ2) is 9.91. The number of methoxy groups -OCH3 is 1. The Labute approximate surface area is 164 Å². The van der Waals surface area contributed by atoms with Gasteiger partial charge in [0.25, 0.3) is 0 Å². The molecule has 2 aromatic rings. The molecule has 2 rings (SSSR count). The number of hydrogen-bond donors (Lipinski definition) is 2. The summed E-state index contributed by atoms with van der Waals surface area (Å²) >= 11 is 0. The van der Waals surface area contributed by atoms with E-state index < -0.39 is 11.8 Å². The third kappa shape index (κ3) is 5.70. The van der Waals surface area contributed by atoms with Crippen LogP contribution in [0.3, 0.4) is 0 Å². The van der Waals surface area contributed by atoms with E-state index in [9.17, 15) is 9.59 Å². The molecule has 0 aromatic heterocycles. The quantitative estimate of drug-likeness (QED) is 0.334. The number of nitrogens with zero attached hydrogens (tertiary/aromatic N) is 1. The van der Waals surface area contributed by atoms with E-state index in [1.807, 2.05) is 26.0 Å². The largest absolute Gasteiger partial charge is 0.493 e. The van der Waals surface area contributed by atoms with E-state index in [1.54, 1.807) is 30.3 Å². The van der Waals surface area contributed by atoms with Gasteiger partial charge in [-0.2, -0.15) is 5.10 Å². The number of benzene rings is 2. The maximum atomic E-state index is 12.0. The van der Waals surface area contributed by atoms with E-state index in [0.717, 1.165) is 11.1 Å². The molecule has 0 unspecified atom stereocenters. The normalized spacial score (nSPS) is 10.4. The molecule has 2 aromatic carbocycles. The Morgan fingerprint density at radius 3 is 2.61 bits per heavy atom. The summed E-state index contributed by atoms with van der Waals surface area (Å²) in [6.45, 7) is 7.70. The molecule has 0 saturated heterocycles. The van der Waals surface area contributed by atoms with Crippen LogP contribution < -0.4 is 20.2 Å². The predicted molar refractivity (Wildman–Crippen MR) is 109 cm³/mol. The Morgan fingerprint density at radius 2 is 1.89 bits per heavy atom. The number of anilines is 1. The summed E-state index contributed by atoms with van der Waals surface area (Å²) in [5.74, 6) is -0.576. The van der Waals surface area contributed by atoms with Crippen LogP contribution in [-0.2, 0) is 9.59 Å². The molecular formula is C21H23N3O4. The summed E-state index contributed by atoms with van der Waals surface area (Å²) in [4.78, 5) is 24.0. The minimum absolute atomic E-state index is 0.357. The van der Waals surface area contributed by atoms with Crippen molar-refractivity contribution in [3.8, 4) is 11.5 Å². The molecule has 0 spiro atoms. The topological polar surface area (TPSA) is 89.0 Å². The third-order valence-electron chi connectivity index (χ3n) is 3.77. The first kappa shape index (κ1) is 20.7. The van der Waals surface area contributed by atoms with Crippen LogP contribution in [0, 0.1) is 13.8 Å². The molecule has 0 atom stereocenters. The standard InChI is InChI=1S/C21H23N3O4/c1-5-10-28-18-9-8-16(12-19(18)27-4)13-22-24-21(26)20(25)23-17-11-14(2)6-7-15(17)3/h5-9,11-13H,1,10H2,2-4H3,(H,23,25)(H,24,26)/b22-13-. The first-order valence-corrected chi connectivity index (χ1v) is 8.58. The molecule has 2 amide bonds. The number of amides is 2. The zero-order valence-electron chi connectivity index (χ0n) is 16.1. The molecule has 0 fully saturated rings. The minimum Gasteiger partial charge on any atom is -0.493 e. The van der Waals surface area contributed by atoms with E-state index in [2.05, 4.69) is 22.4 Å². The SMILES string of the molecule is C=CCOc1ccc(/C=N\NC(=O)C(=O)Nc2cc(C)ccc2C)cc1OC. The number of hydrogen-bond acceptors (Lipinski definition) is 5. The smallest absolute Gasteiger partial charge is 0.329 e. The molecule has 2 N–H and O–H groups in total. The molecule has 28 heavy (non-hydrogen) atoms. The van der Waals surface area contributed by atoms with Gasteiger partial charge in [-0.3, -0.25) is 9.59 Å². The zero-order chi connectivity index (χ0) is 20.5. The van der Waals surface area contributed by atoms with Crippen LogP contribution in [0.4, 0.5) is 5.69 Å². The van der Waals surface area contributed by atoms with Crippen LogP contribution in [0.2, 0.25) is 0 Å². The summed E-state index contributed by atoms with van der Waals surface area (Å²) in [5.41, 5.74) is 5.30. The van der Waals surface area contributed by atoms with Crippen LogP contribution in [0.25, 0.3) is 0 Å². The van der Waals surface area contributed by atoms with Gasteiger partial charge in [0.2, 0.25) is 0 Å². The Balaban J connectivity index is 1.97. The van der Waals surface area contributed by atoms with Crippen molar-refractivity contribution in [3.05, 3.63) is 65.7 Å². The van der Waals surface area contributed by atoms with Gasteiger partial charge in [0.05, 0.1) is 13.3 Å². The van der Waals surface area contributed by atoms with E-state index in [-0.39, 0.29) is 0 Å². The summed E-state index contributed by atoms with van der Waals surface area (Å²) in [5, 5.41) is 6.39.